The molecule has 0 radical (unpaired) electrons. The molecule has 0 aliphatic heterocycles. The lowest BCUT2D eigenvalue weighted by molar-refractivity contribution is 0.0695. The van der Waals surface area contributed by atoms with Gasteiger partial charge in [0.05, 0.1) is 5.56 Å². The summed E-state index contributed by atoms with van der Waals surface area (Å²) < 4.78 is 14.7. The third-order valence-corrected chi connectivity index (χ3v) is 4.27. The number of pyridine rings is 1. The maximum atomic E-state index is 13.6. The highest BCUT2D eigenvalue weighted by atomic mass is 79.9. The van der Waals surface area contributed by atoms with Crippen LogP contribution in [0.5, 0.6) is 0 Å². The highest BCUT2D eigenvalue weighted by molar-refractivity contribution is 9.10. The molecule has 2 aromatic rings. The van der Waals surface area contributed by atoms with Crippen molar-refractivity contribution < 1.29 is 14.3 Å². The zero-order valence-corrected chi connectivity index (χ0v) is 13.2. The average Bonchev–Trinajstić information content (AvgIpc) is 2.34. The van der Waals surface area contributed by atoms with Crippen LogP contribution in [0.15, 0.2) is 49.3 Å². The highest BCUT2D eigenvalue weighted by Crippen LogP contribution is 2.31. The van der Waals surface area contributed by atoms with Gasteiger partial charge in [0.1, 0.15) is 5.03 Å². The molecule has 0 aliphatic carbocycles. The number of aromatic carboxylic acids is 1. The number of hydrogen-bond donors (Lipinski definition) is 1. The first-order chi connectivity index (χ1) is 8.97. The normalized spacial score (nSPS) is 10.5. The monoisotopic (exact) mass is 405 g/mol. The van der Waals surface area contributed by atoms with Gasteiger partial charge in [0.25, 0.3) is 0 Å². The fraction of sp³-hybridized carbons (Fsp3) is 0. The Labute approximate surface area is 129 Å². The topological polar surface area (TPSA) is 50.2 Å². The van der Waals surface area contributed by atoms with Crippen molar-refractivity contribution in [2.45, 2.75) is 9.92 Å². The van der Waals surface area contributed by atoms with Crippen LogP contribution in [0.1, 0.15) is 10.4 Å². The molecule has 0 spiro atoms. The maximum Gasteiger partial charge on any atom is 0.336 e. The van der Waals surface area contributed by atoms with E-state index in [2.05, 4.69) is 36.8 Å². The number of halogens is 3. The van der Waals surface area contributed by atoms with E-state index in [0.29, 0.717) is 13.8 Å². The minimum absolute atomic E-state index is 0.127. The van der Waals surface area contributed by atoms with Gasteiger partial charge >= 0.3 is 5.97 Å². The van der Waals surface area contributed by atoms with E-state index in [-0.39, 0.29) is 10.6 Å². The Morgan fingerprint density at radius 1 is 1.32 bits per heavy atom. The maximum absolute atomic E-state index is 13.6. The third-order valence-electron chi connectivity index (χ3n) is 2.16. The van der Waals surface area contributed by atoms with Gasteiger partial charge in [0.2, 0.25) is 0 Å². The number of rotatable bonds is 3. The van der Waals surface area contributed by atoms with E-state index < -0.39 is 11.8 Å². The Balaban J connectivity index is 2.33. The van der Waals surface area contributed by atoms with Crippen molar-refractivity contribution >= 4 is 49.6 Å². The predicted molar refractivity (Wildman–Crippen MR) is 77.1 cm³/mol. The summed E-state index contributed by atoms with van der Waals surface area (Å²) in [6.07, 6.45) is 1.49. The summed E-state index contributed by atoms with van der Waals surface area (Å²) in [6, 6.07) is 6.10. The first kappa shape index (κ1) is 14.5. The van der Waals surface area contributed by atoms with Gasteiger partial charge in [-0.25, -0.2) is 14.2 Å². The summed E-state index contributed by atoms with van der Waals surface area (Å²) in [6.45, 7) is 0. The summed E-state index contributed by atoms with van der Waals surface area (Å²) >= 11 is 7.35. The predicted octanol–water partition coefficient (Wildman–Crippen LogP) is 4.60. The minimum atomic E-state index is -1.04. The second-order valence-corrected chi connectivity index (χ2v) is 6.32. The van der Waals surface area contributed by atoms with Crippen molar-refractivity contribution in [3.8, 4) is 0 Å². The summed E-state index contributed by atoms with van der Waals surface area (Å²) in [4.78, 5) is 15.6. The molecule has 0 unspecified atom stereocenters. The van der Waals surface area contributed by atoms with Gasteiger partial charge in [-0.1, -0.05) is 11.8 Å². The van der Waals surface area contributed by atoms with Crippen LogP contribution in [0.4, 0.5) is 4.39 Å². The van der Waals surface area contributed by atoms with E-state index in [1.807, 2.05) is 0 Å². The fourth-order valence-corrected chi connectivity index (χ4v) is 2.84. The Morgan fingerprint density at radius 3 is 2.68 bits per heavy atom. The smallest absolute Gasteiger partial charge is 0.336 e. The van der Waals surface area contributed by atoms with E-state index in [9.17, 15) is 9.18 Å². The van der Waals surface area contributed by atoms with Gasteiger partial charge < -0.3 is 5.11 Å². The molecule has 0 saturated heterocycles. The molecule has 1 aromatic heterocycles. The molecule has 0 aliphatic rings. The Hall–Kier alpha value is -0.920. The number of aromatic nitrogens is 1. The Kier molecular flexibility index (Phi) is 4.59. The molecule has 1 aromatic carbocycles. The standard InChI is InChI=1S/C12H6Br2FNO2S/c13-6-3-10(15)11(16-5-6)19-7-1-2-9(14)8(4-7)12(17)18/h1-5H,(H,17,18). The summed E-state index contributed by atoms with van der Waals surface area (Å²) in [7, 11) is 0. The van der Waals surface area contributed by atoms with Crippen LogP contribution in [0.25, 0.3) is 0 Å². The number of carboxylic acids is 1. The molecule has 7 heteroatoms. The fourth-order valence-electron chi connectivity index (χ4n) is 1.32. The summed E-state index contributed by atoms with van der Waals surface area (Å²) in [5.41, 5.74) is 0.127. The van der Waals surface area contributed by atoms with Crippen molar-refractivity contribution in [3.63, 3.8) is 0 Å². The lowest BCUT2D eigenvalue weighted by atomic mass is 10.2. The number of hydrogen-bond acceptors (Lipinski definition) is 3. The van der Waals surface area contributed by atoms with Crippen molar-refractivity contribution in [2.75, 3.05) is 0 Å². The van der Waals surface area contributed by atoms with E-state index >= 15 is 0 Å². The second kappa shape index (κ2) is 6.02. The number of carbonyl (C=O) groups is 1. The molecular weight excluding hydrogens is 401 g/mol. The lowest BCUT2D eigenvalue weighted by Crippen LogP contribution is -1.97. The first-order valence-corrected chi connectivity index (χ1v) is 7.39. The van der Waals surface area contributed by atoms with Gasteiger partial charge in [0, 0.05) is 20.0 Å². The van der Waals surface area contributed by atoms with Crippen molar-refractivity contribution in [2.24, 2.45) is 0 Å². The van der Waals surface area contributed by atoms with Crippen LogP contribution in [-0.4, -0.2) is 16.1 Å². The van der Waals surface area contributed by atoms with E-state index in [1.165, 1.54) is 18.3 Å². The van der Waals surface area contributed by atoms with Crippen molar-refractivity contribution in [1.29, 1.82) is 0 Å². The lowest BCUT2D eigenvalue weighted by Gasteiger charge is -2.05. The molecule has 98 valence electrons. The van der Waals surface area contributed by atoms with Gasteiger partial charge in [-0.3, -0.25) is 0 Å². The minimum Gasteiger partial charge on any atom is -0.478 e. The molecule has 0 saturated carbocycles. The molecule has 1 heterocycles. The quantitative estimate of drug-likeness (QED) is 0.809. The van der Waals surface area contributed by atoms with Gasteiger partial charge in [-0.2, -0.15) is 0 Å². The van der Waals surface area contributed by atoms with Crippen LogP contribution in [0.3, 0.4) is 0 Å². The molecule has 3 nitrogen and oxygen atoms in total. The molecule has 2 rings (SSSR count). The second-order valence-electron chi connectivity index (χ2n) is 3.49. The van der Waals surface area contributed by atoms with E-state index in [0.717, 1.165) is 11.8 Å². The zero-order valence-electron chi connectivity index (χ0n) is 9.23. The zero-order chi connectivity index (χ0) is 14.0. The van der Waals surface area contributed by atoms with Gasteiger partial charge in [0.15, 0.2) is 5.82 Å². The number of nitrogens with zero attached hydrogens (tertiary/aromatic N) is 1. The third kappa shape index (κ3) is 3.55. The highest BCUT2D eigenvalue weighted by Gasteiger charge is 2.12. The SMILES string of the molecule is O=C(O)c1cc(Sc2ncc(Br)cc2F)ccc1Br. The van der Waals surface area contributed by atoms with Gasteiger partial charge in [-0.15, -0.1) is 0 Å². The first-order valence-electron chi connectivity index (χ1n) is 4.99. The Bertz CT molecular complexity index is 652. The summed E-state index contributed by atoms with van der Waals surface area (Å²) in [5, 5.41) is 9.21. The van der Waals surface area contributed by atoms with E-state index in [4.69, 9.17) is 5.11 Å². The van der Waals surface area contributed by atoms with Crippen LogP contribution in [-0.2, 0) is 0 Å². The van der Waals surface area contributed by atoms with Crippen LogP contribution < -0.4 is 0 Å². The average molecular weight is 407 g/mol. The Morgan fingerprint density at radius 2 is 2.05 bits per heavy atom. The van der Waals surface area contributed by atoms with Crippen LogP contribution in [0, 0.1) is 5.82 Å². The number of benzene rings is 1. The van der Waals surface area contributed by atoms with Crippen LogP contribution >= 0.6 is 43.6 Å². The largest absolute Gasteiger partial charge is 0.478 e. The number of carboxylic acid groups (broad SMARTS) is 1. The van der Waals surface area contributed by atoms with Gasteiger partial charge in [-0.05, 0) is 56.1 Å². The van der Waals surface area contributed by atoms with E-state index in [1.54, 1.807) is 12.1 Å². The van der Waals surface area contributed by atoms with Crippen molar-refractivity contribution in [3.05, 3.63) is 50.8 Å². The molecule has 0 amide bonds. The molecule has 0 bridgehead atoms. The van der Waals surface area contributed by atoms with Crippen LogP contribution in [0.2, 0.25) is 0 Å². The molecule has 0 atom stereocenters. The molecule has 0 fully saturated rings. The molecule has 1 N–H and O–H groups in total. The molecule has 19 heavy (non-hydrogen) atoms. The van der Waals surface area contributed by atoms with Crippen molar-refractivity contribution in [1.82, 2.24) is 4.98 Å². The molecular formula is C12H6Br2FNO2S. The summed E-state index contributed by atoms with van der Waals surface area (Å²) in [5.74, 6) is -1.50.